The monoisotopic (exact) mass is 264 g/mol. The summed E-state index contributed by atoms with van der Waals surface area (Å²) in [6.07, 6.45) is 0. The first kappa shape index (κ1) is 13.5. The van der Waals surface area contributed by atoms with E-state index in [0.29, 0.717) is 11.3 Å². The first-order chi connectivity index (χ1) is 9.06. The zero-order valence-electron chi connectivity index (χ0n) is 9.88. The van der Waals surface area contributed by atoms with Crippen LogP contribution in [0.5, 0.6) is 5.75 Å². The smallest absolute Gasteiger partial charge is 0.488 e. The summed E-state index contributed by atoms with van der Waals surface area (Å²) in [4.78, 5) is 0. The van der Waals surface area contributed by atoms with Gasteiger partial charge in [-0.3, -0.25) is 0 Å². The summed E-state index contributed by atoms with van der Waals surface area (Å²) in [5, 5.41) is 18.3. The van der Waals surface area contributed by atoms with Gasteiger partial charge in [-0.15, -0.1) is 0 Å². The molecule has 0 saturated carbocycles. The molecule has 0 saturated heterocycles. The van der Waals surface area contributed by atoms with Crippen LogP contribution in [-0.4, -0.2) is 17.2 Å². The first-order valence-electron chi connectivity index (χ1n) is 5.59. The van der Waals surface area contributed by atoms with Crippen LogP contribution in [0, 0.1) is 11.6 Å². The molecule has 98 valence electrons. The molecule has 0 aliphatic rings. The molecule has 0 spiro atoms. The maximum Gasteiger partial charge on any atom is 0.488 e. The fourth-order valence-electron chi connectivity index (χ4n) is 1.63. The number of benzene rings is 2. The van der Waals surface area contributed by atoms with Gasteiger partial charge in [0.05, 0.1) is 0 Å². The zero-order valence-corrected chi connectivity index (χ0v) is 9.88. The van der Waals surface area contributed by atoms with Crippen molar-refractivity contribution in [1.29, 1.82) is 0 Å². The SMILES string of the molecule is OB(O)c1cc(F)ccc1COc1ccc(F)cc1. The molecule has 19 heavy (non-hydrogen) atoms. The topological polar surface area (TPSA) is 49.7 Å². The number of halogens is 2. The highest BCUT2D eigenvalue weighted by Crippen LogP contribution is 2.13. The summed E-state index contributed by atoms with van der Waals surface area (Å²) in [6, 6.07) is 9.06. The fourth-order valence-corrected chi connectivity index (χ4v) is 1.63. The molecule has 6 heteroatoms. The van der Waals surface area contributed by atoms with Gasteiger partial charge in [-0.05, 0) is 47.4 Å². The molecular weight excluding hydrogens is 253 g/mol. The second kappa shape index (κ2) is 5.82. The third kappa shape index (κ3) is 3.53. The van der Waals surface area contributed by atoms with E-state index in [0.717, 1.165) is 6.07 Å². The van der Waals surface area contributed by atoms with Gasteiger partial charge in [0.2, 0.25) is 0 Å². The van der Waals surface area contributed by atoms with Gasteiger partial charge in [-0.1, -0.05) is 6.07 Å². The molecule has 3 nitrogen and oxygen atoms in total. The second-order valence-corrected chi connectivity index (χ2v) is 3.96. The Hall–Kier alpha value is -1.92. The normalized spacial score (nSPS) is 10.3. The van der Waals surface area contributed by atoms with Gasteiger partial charge < -0.3 is 14.8 Å². The summed E-state index contributed by atoms with van der Waals surface area (Å²) < 4.78 is 31.1. The van der Waals surface area contributed by atoms with E-state index in [2.05, 4.69) is 0 Å². The predicted molar refractivity (Wildman–Crippen MR) is 67.0 cm³/mol. The van der Waals surface area contributed by atoms with Crippen LogP contribution < -0.4 is 10.2 Å². The Bertz CT molecular complexity index is 558. The Kier molecular flexibility index (Phi) is 4.14. The summed E-state index contributed by atoms with van der Waals surface area (Å²) in [6.45, 7) is 0.0267. The molecule has 2 rings (SSSR count). The molecule has 2 aromatic carbocycles. The molecule has 0 fully saturated rings. The van der Waals surface area contributed by atoms with Crippen molar-refractivity contribution in [2.24, 2.45) is 0 Å². The first-order valence-corrected chi connectivity index (χ1v) is 5.59. The van der Waals surface area contributed by atoms with E-state index < -0.39 is 12.9 Å². The average molecular weight is 264 g/mol. The number of hydrogen-bond donors (Lipinski definition) is 2. The molecule has 0 atom stereocenters. The van der Waals surface area contributed by atoms with Gasteiger partial charge in [-0.25, -0.2) is 8.78 Å². The Balaban J connectivity index is 2.13. The highest BCUT2D eigenvalue weighted by molar-refractivity contribution is 6.59. The van der Waals surface area contributed by atoms with E-state index in [1.807, 2.05) is 0 Å². The molecule has 0 heterocycles. The van der Waals surface area contributed by atoms with Crippen molar-refractivity contribution in [2.45, 2.75) is 6.61 Å². The lowest BCUT2D eigenvalue weighted by molar-refractivity contribution is 0.305. The number of rotatable bonds is 4. The van der Waals surface area contributed by atoms with Gasteiger partial charge >= 0.3 is 7.12 Å². The van der Waals surface area contributed by atoms with E-state index in [1.54, 1.807) is 0 Å². The fraction of sp³-hybridized carbons (Fsp3) is 0.0769. The van der Waals surface area contributed by atoms with Crippen LogP contribution in [0.4, 0.5) is 8.78 Å². The largest absolute Gasteiger partial charge is 0.489 e. The second-order valence-electron chi connectivity index (χ2n) is 3.96. The third-order valence-corrected chi connectivity index (χ3v) is 2.59. The molecule has 0 amide bonds. The Morgan fingerprint density at radius 3 is 2.21 bits per heavy atom. The molecule has 0 bridgehead atoms. The minimum atomic E-state index is -1.78. The Morgan fingerprint density at radius 2 is 1.58 bits per heavy atom. The maximum atomic E-state index is 13.0. The molecule has 0 unspecified atom stereocenters. The van der Waals surface area contributed by atoms with Crippen LogP contribution in [-0.2, 0) is 6.61 Å². The van der Waals surface area contributed by atoms with Crippen LogP contribution >= 0.6 is 0 Å². The van der Waals surface area contributed by atoms with E-state index in [1.165, 1.54) is 36.4 Å². The molecular formula is C13H11BF2O3. The zero-order chi connectivity index (χ0) is 13.8. The summed E-state index contributed by atoms with van der Waals surface area (Å²) in [7, 11) is -1.78. The van der Waals surface area contributed by atoms with Gasteiger partial charge in [-0.2, -0.15) is 0 Å². The number of ether oxygens (including phenoxy) is 1. The van der Waals surface area contributed by atoms with Crippen molar-refractivity contribution >= 4 is 12.6 Å². The van der Waals surface area contributed by atoms with Crippen LogP contribution in [0.3, 0.4) is 0 Å². The number of hydrogen-bond acceptors (Lipinski definition) is 3. The lowest BCUT2D eigenvalue weighted by Crippen LogP contribution is -2.34. The van der Waals surface area contributed by atoms with Crippen molar-refractivity contribution in [3.8, 4) is 5.75 Å². The quantitative estimate of drug-likeness (QED) is 0.816. The molecule has 0 radical (unpaired) electrons. The Labute approximate surface area is 109 Å². The molecule has 2 N–H and O–H groups in total. The minimum Gasteiger partial charge on any atom is -0.489 e. The lowest BCUT2D eigenvalue weighted by Gasteiger charge is -2.10. The predicted octanol–water partition coefficient (Wildman–Crippen LogP) is 1.22. The van der Waals surface area contributed by atoms with Crippen molar-refractivity contribution in [1.82, 2.24) is 0 Å². The van der Waals surface area contributed by atoms with Gasteiger partial charge in [0, 0.05) is 0 Å². The van der Waals surface area contributed by atoms with Gasteiger partial charge in [0.25, 0.3) is 0 Å². The highest BCUT2D eigenvalue weighted by Gasteiger charge is 2.17. The lowest BCUT2D eigenvalue weighted by atomic mass is 9.77. The maximum absolute atomic E-state index is 13.0. The van der Waals surface area contributed by atoms with E-state index in [9.17, 15) is 8.78 Å². The van der Waals surface area contributed by atoms with E-state index >= 15 is 0 Å². The highest BCUT2D eigenvalue weighted by atomic mass is 19.1. The Morgan fingerprint density at radius 1 is 0.947 bits per heavy atom. The molecule has 2 aromatic rings. The minimum absolute atomic E-state index is 0.0267. The summed E-state index contributed by atoms with van der Waals surface area (Å²) in [5.74, 6) is -0.502. The van der Waals surface area contributed by atoms with Gasteiger partial charge in [0.15, 0.2) is 0 Å². The van der Waals surface area contributed by atoms with Crippen molar-refractivity contribution < 1.29 is 23.6 Å². The van der Waals surface area contributed by atoms with Crippen LogP contribution in [0.1, 0.15) is 5.56 Å². The van der Waals surface area contributed by atoms with Crippen LogP contribution in [0.25, 0.3) is 0 Å². The van der Waals surface area contributed by atoms with Crippen molar-refractivity contribution in [3.05, 3.63) is 59.7 Å². The van der Waals surface area contributed by atoms with E-state index in [-0.39, 0.29) is 17.9 Å². The third-order valence-electron chi connectivity index (χ3n) is 2.59. The molecule has 0 aliphatic heterocycles. The van der Waals surface area contributed by atoms with Crippen LogP contribution in [0.15, 0.2) is 42.5 Å². The van der Waals surface area contributed by atoms with Crippen LogP contribution in [0.2, 0.25) is 0 Å². The molecule has 0 aromatic heterocycles. The molecule has 0 aliphatic carbocycles. The summed E-state index contributed by atoms with van der Waals surface area (Å²) >= 11 is 0. The summed E-state index contributed by atoms with van der Waals surface area (Å²) in [5.41, 5.74) is 0.489. The standard InChI is InChI=1S/C13H11BF2O3/c15-10-3-5-12(6-4-10)19-8-9-1-2-11(16)7-13(9)14(17)18/h1-7,17-18H,8H2. The van der Waals surface area contributed by atoms with Crippen molar-refractivity contribution in [3.63, 3.8) is 0 Å². The van der Waals surface area contributed by atoms with Crippen molar-refractivity contribution in [2.75, 3.05) is 0 Å². The van der Waals surface area contributed by atoms with Gasteiger partial charge in [0.1, 0.15) is 24.0 Å². The van der Waals surface area contributed by atoms with E-state index in [4.69, 9.17) is 14.8 Å². The average Bonchev–Trinajstić information content (AvgIpc) is 2.39.